The molecule has 0 aliphatic carbocycles. The summed E-state index contributed by atoms with van der Waals surface area (Å²) in [4.78, 5) is 139. The van der Waals surface area contributed by atoms with Crippen LogP contribution in [-0.2, 0) is 86.6 Å². The highest BCUT2D eigenvalue weighted by molar-refractivity contribution is 6.03. The molecule has 0 heterocycles. The Labute approximate surface area is 602 Å². The van der Waals surface area contributed by atoms with Gasteiger partial charge >= 0.3 is 24.1 Å². The number of rotatable bonds is 42. The third-order valence-electron chi connectivity index (χ3n) is 16.2. The summed E-state index contributed by atoms with van der Waals surface area (Å²) in [6, 6.07) is 46.8. The lowest BCUT2D eigenvalue weighted by Gasteiger charge is -2.24. The summed E-state index contributed by atoms with van der Waals surface area (Å²) in [7, 11) is 3.10. The fourth-order valence-electron chi connectivity index (χ4n) is 10.5. The highest BCUT2D eigenvalue weighted by atomic mass is 19.1. The maximum atomic E-state index is 14.6. The second-order valence-corrected chi connectivity index (χ2v) is 24.1. The fraction of sp³-hybridized carbons (Fsp3) is 0.333. The standard InChI is InChI=1S/C78H88F2N8O16/c1-99-65-34-26-57(27-35-65)40-46-101-75(95)67(85-77(97)103-53-59-14-5-3-6-15-59)20-9-11-42-81-69(89)49-87(51-71(91)83-44-38-55-22-30-63(79)31-23-55)73(93)61-18-13-19-62(48-61)74(94)88(52-72(92)84-45-39-56-24-32-64(80)33-25-56)50-70(90)82-43-12-10-21-68(86-78(98)104-54-60-16-7-4-8-17-60)76(96)102-47-41-58-28-36-66(100-2)37-29-58/h3-8,13-19,22-37,48,67-68H,9-12,20-21,38-47,49-54H2,1-2H3,(H,81,89)(H,82,90)(H,83,91)(H,84,92)(H,85,97)(H,86,98)/t67-,68-/m0/s1. The van der Waals surface area contributed by atoms with Gasteiger partial charge in [0.15, 0.2) is 0 Å². The van der Waals surface area contributed by atoms with E-state index in [0.29, 0.717) is 48.3 Å². The van der Waals surface area contributed by atoms with E-state index in [1.165, 1.54) is 48.5 Å². The summed E-state index contributed by atoms with van der Waals surface area (Å²) < 4.78 is 59.8. The van der Waals surface area contributed by atoms with E-state index in [1.807, 2.05) is 36.4 Å². The number of hydrogen-bond acceptors (Lipinski definition) is 16. The van der Waals surface area contributed by atoms with Gasteiger partial charge in [-0.05, 0) is 151 Å². The van der Waals surface area contributed by atoms with E-state index in [9.17, 15) is 56.7 Å². The molecule has 0 bridgehead atoms. The molecule has 104 heavy (non-hydrogen) atoms. The van der Waals surface area contributed by atoms with Crippen LogP contribution in [0.4, 0.5) is 18.4 Å². The van der Waals surface area contributed by atoms with Crippen molar-refractivity contribution in [1.82, 2.24) is 41.7 Å². The molecular formula is C78H88F2N8O16. The number of carbonyl (C=O) groups is 10. The average Bonchev–Trinajstić information content (AvgIpc) is 0.827. The van der Waals surface area contributed by atoms with Gasteiger partial charge in [0.1, 0.15) is 74.6 Å². The third-order valence-corrected chi connectivity index (χ3v) is 16.2. The van der Waals surface area contributed by atoms with Gasteiger partial charge in [-0.1, -0.05) is 115 Å². The van der Waals surface area contributed by atoms with Crippen molar-refractivity contribution in [2.45, 2.75) is 89.5 Å². The topological polar surface area (TPSA) is 305 Å². The van der Waals surface area contributed by atoms with Crippen LogP contribution in [0, 0.1) is 11.6 Å². The molecule has 8 amide bonds. The molecule has 0 unspecified atom stereocenters. The molecule has 0 saturated carbocycles. The number of hydrogen-bond donors (Lipinski definition) is 6. The summed E-state index contributed by atoms with van der Waals surface area (Å²) in [5.41, 5.74) is 4.36. The molecule has 550 valence electrons. The Kier molecular flexibility index (Phi) is 33.6. The number of nitrogens with zero attached hydrogens (tertiary/aromatic N) is 2. The molecule has 7 aromatic carbocycles. The zero-order chi connectivity index (χ0) is 74.3. The number of benzene rings is 7. The lowest BCUT2D eigenvalue weighted by Crippen LogP contribution is -2.47. The van der Waals surface area contributed by atoms with E-state index in [4.69, 9.17) is 28.4 Å². The average molecular weight is 1430 g/mol. The van der Waals surface area contributed by atoms with Gasteiger partial charge in [0.2, 0.25) is 23.6 Å². The summed E-state index contributed by atoms with van der Waals surface area (Å²) in [5.74, 6) is -5.33. The number of alkyl carbamates (subject to hydrolysis) is 2. The number of amides is 8. The number of carbonyl (C=O) groups excluding carboxylic acids is 10. The lowest BCUT2D eigenvalue weighted by atomic mass is 10.1. The Bertz CT molecular complexity index is 3650. The maximum Gasteiger partial charge on any atom is 0.408 e. The van der Waals surface area contributed by atoms with E-state index >= 15 is 0 Å². The molecule has 7 aromatic rings. The Balaban J connectivity index is 0.990. The molecule has 0 aliphatic rings. The van der Waals surface area contributed by atoms with Crippen LogP contribution in [0.5, 0.6) is 11.5 Å². The van der Waals surface area contributed by atoms with Crippen LogP contribution in [0.1, 0.15) is 92.6 Å². The summed E-state index contributed by atoms with van der Waals surface area (Å²) in [6.45, 7) is -2.43. The molecule has 0 radical (unpaired) electrons. The van der Waals surface area contributed by atoms with E-state index in [-0.39, 0.29) is 102 Å². The predicted octanol–water partition coefficient (Wildman–Crippen LogP) is 8.32. The Morgan fingerprint density at radius 3 is 1.06 bits per heavy atom. The van der Waals surface area contributed by atoms with E-state index < -0.39 is 109 Å². The van der Waals surface area contributed by atoms with Crippen LogP contribution in [-0.4, -0.2) is 161 Å². The zero-order valence-corrected chi connectivity index (χ0v) is 58.2. The fourth-order valence-corrected chi connectivity index (χ4v) is 10.5. The summed E-state index contributed by atoms with van der Waals surface area (Å²) >= 11 is 0. The molecule has 0 aliphatic heterocycles. The number of ether oxygens (including phenoxy) is 6. The highest BCUT2D eigenvalue weighted by Gasteiger charge is 2.28. The number of esters is 2. The number of halogens is 2. The maximum absolute atomic E-state index is 14.6. The van der Waals surface area contributed by atoms with Gasteiger partial charge < -0.3 is 70.1 Å². The van der Waals surface area contributed by atoms with Gasteiger partial charge in [-0.2, -0.15) is 0 Å². The van der Waals surface area contributed by atoms with Gasteiger partial charge in [0.05, 0.1) is 27.4 Å². The van der Waals surface area contributed by atoms with Crippen molar-refractivity contribution in [3.63, 3.8) is 0 Å². The van der Waals surface area contributed by atoms with Gasteiger partial charge in [-0.15, -0.1) is 0 Å². The third kappa shape index (κ3) is 29.5. The van der Waals surface area contributed by atoms with Crippen LogP contribution in [0.2, 0.25) is 0 Å². The Morgan fingerprint density at radius 2 is 0.702 bits per heavy atom. The minimum atomic E-state index is -1.12. The first-order valence-electron chi connectivity index (χ1n) is 34.2. The minimum Gasteiger partial charge on any atom is -0.497 e. The molecular weight excluding hydrogens is 1340 g/mol. The smallest absolute Gasteiger partial charge is 0.408 e. The quantitative estimate of drug-likeness (QED) is 0.0119. The van der Waals surface area contributed by atoms with Gasteiger partial charge in [-0.25, -0.2) is 28.0 Å². The largest absolute Gasteiger partial charge is 0.497 e. The van der Waals surface area contributed by atoms with Crippen LogP contribution in [0.25, 0.3) is 0 Å². The second-order valence-electron chi connectivity index (χ2n) is 24.1. The Hall–Kier alpha value is -11.7. The van der Waals surface area contributed by atoms with E-state index in [1.54, 1.807) is 111 Å². The SMILES string of the molecule is COc1ccc(CCOC(=O)[C@H](CCCCNC(=O)CN(CC(=O)NCCc2ccc(F)cc2)C(=O)c2cccc(C(=O)N(CC(=O)NCCCC[C@H](NC(=O)OCc3ccccc3)C(=O)OCCc3ccc(OC)cc3)CC(=O)NCCc3ccc(F)cc3)c2)NC(=O)OCc2ccccc2)cc1. The first-order valence-corrected chi connectivity index (χ1v) is 34.2. The molecule has 6 N–H and O–H groups in total. The normalized spacial score (nSPS) is 11.3. The second kappa shape index (κ2) is 43.8. The van der Waals surface area contributed by atoms with E-state index in [0.717, 1.165) is 32.1 Å². The van der Waals surface area contributed by atoms with Crippen molar-refractivity contribution >= 4 is 59.6 Å². The molecule has 0 fully saturated rings. The van der Waals surface area contributed by atoms with Crippen molar-refractivity contribution in [2.24, 2.45) is 0 Å². The molecule has 0 aromatic heterocycles. The summed E-state index contributed by atoms with van der Waals surface area (Å²) in [6.07, 6.45) is 1.00. The van der Waals surface area contributed by atoms with Crippen LogP contribution < -0.4 is 41.4 Å². The van der Waals surface area contributed by atoms with Crippen LogP contribution in [0.3, 0.4) is 0 Å². The van der Waals surface area contributed by atoms with E-state index in [2.05, 4.69) is 31.9 Å². The molecule has 24 nitrogen and oxygen atoms in total. The summed E-state index contributed by atoms with van der Waals surface area (Å²) in [5, 5.41) is 16.1. The Morgan fingerprint density at radius 1 is 0.365 bits per heavy atom. The van der Waals surface area contributed by atoms with Crippen LogP contribution >= 0.6 is 0 Å². The zero-order valence-electron chi connectivity index (χ0n) is 58.2. The molecule has 0 saturated heterocycles. The highest BCUT2D eigenvalue weighted by Crippen LogP contribution is 2.17. The van der Waals surface area contributed by atoms with Crippen molar-refractivity contribution in [3.8, 4) is 11.5 Å². The first-order chi connectivity index (χ1) is 50.4. The number of nitrogens with one attached hydrogen (secondary N) is 6. The van der Waals surface area contributed by atoms with Crippen molar-refractivity contribution in [3.05, 3.63) is 238 Å². The van der Waals surface area contributed by atoms with Crippen LogP contribution in [0.15, 0.2) is 182 Å². The monoisotopic (exact) mass is 1430 g/mol. The number of methoxy groups -OCH3 is 2. The lowest BCUT2D eigenvalue weighted by molar-refractivity contribution is -0.147. The van der Waals surface area contributed by atoms with Gasteiger partial charge in [-0.3, -0.25) is 28.8 Å². The molecule has 0 spiro atoms. The predicted molar refractivity (Wildman–Crippen MR) is 381 cm³/mol. The van der Waals surface area contributed by atoms with Gasteiger partial charge in [0, 0.05) is 50.1 Å². The molecule has 7 rings (SSSR count). The number of unbranched alkanes of at least 4 members (excludes halogenated alkanes) is 2. The molecule has 26 heteroatoms. The molecule has 2 atom stereocenters. The van der Waals surface area contributed by atoms with Crippen molar-refractivity contribution in [2.75, 3.05) is 79.8 Å². The van der Waals surface area contributed by atoms with Crippen molar-refractivity contribution in [1.29, 1.82) is 0 Å². The van der Waals surface area contributed by atoms with Gasteiger partial charge in [0.25, 0.3) is 11.8 Å². The first kappa shape index (κ1) is 79.6. The minimum absolute atomic E-state index is 0.0134. The van der Waals surface area contributed by atoms with Crippen molar-refractivity contribution < 1.29 is 85.1 Å².